The lowest BCUT2D eigenvalue weighted by molar-refractivity contribution is 0.302. The molecule has 0 bridgehead atoms. The van der Waals surface area contributed by atoms with Gasteiger partial charge >= 0.3 is 0 Å². The van der Waals surface area contributed by atoms with Crippen molar-refractivity contribution in [2.24, 2.45) is 0 Å². The fraction of sp³-hybridized carbons (Fsp3) is 0.500. The standard InChI is InChI=1S/C8H14O/c1-2-3-4-5-6-7-8-9/h3-6,9H,2,7-8H2,1H3/b4-3-,6-5-. The molecule has 0 heterocycles. The van der Waals surface area contributed by atoms with Gasteiger partial charge in [0.05, 0.1) is 0 Å². The van der Waals surface area contributed by atoms with E-state index in [1.54, 1.807) is 0 Å². The number of rotatable bonds is 4. The van der Waals surface area contributed by atoms with Crippen molar-refractivity contribution >= 4 is 0 Å². The summed E-state index contributed by atoms with van der Waals surface area (Å²) >= 11 is 0. The van der Waals surface area contributed by atoms with Crippen LogP contribution in [0.1, 0.15) is 19.8 Å². The van der Waals surface area contributed by atoms with E-state index in [-0.39, 0.29) is 6.61 Å². The van der Waals surface area contributed by atoms with Gasteiger partial charge in [-0.05, 0) is 12.8 Å². The van der Waals surface area contributed by atoms with Crippen LogP contribution in [0.4, 0.5) is 0 Å². The Labute approximate surface area is 56.7 Å². The molecule has 1 heteroatoms. The largest absolute Gasteiger partial charge is 0.396 e. The topological polar surface area (TPSA) is 20.2 Å². The van der Waals surface area contributed by atoms with Gasteiger partial charge in [0.15, 0.2) is 0 Å². The van der Waals surface area contributed by atoms with E-state index in [2.05, 4.69) is 13.0 Å². The molecule has 0 aliphatic rings. The van der Waals surface area contributed by atoms with Crippen LogP contribution in [0.25, 0.3) is 0 Å². The zero-order valence-electron chi connectivity index (χ0n) is 5.88. The molecule has 0 spiro atoms. The first-order valence-corrected chi connectivity index (χ1v) is 3.34. The van der Waals surface area contributed by atoms with E-state index in [0.29, 0.717) is 0 Å². The van der Waals surface area contributed by atoms with Crippen molar-refractivity contribution in [2.75, 3.05) is 6.61 Å². The number of aliphatic hydroxyl groups is 1. The summed E-state index contributed by atoms with van der Waals surface area (Å²) in [7, 11) is 0. The van der Waals surface area contributed by atoms with E-state index in [4.69, 9.17) is 5.11 Å². The summed E-state index contributed by atoms with van der Waals surface area (Å²) in [6.07, 6.45) is 9.81. The van der Waals surface area contributed by atoms with Crippen LogP contribution < -0.4 is 0 Å². The average molecular weight is 126 g/mol. The molecule has 0 saturated carbocycles. The zero-order chi connectivity index (χ0) is 6.95. The highest BCUT2D eigenvalue weighted by Crippen LogP contribution is 1.84. The molecule has 0 rings (SSSR count). The smallest absolute Gasteiger partial charge is 0.0465 e. The maximum Gasteiger partial charge on any atom is 0.0465 e. The van der Waals surface area contributed by atoms with Crippen LogP contribution in [0.15, 0.2) is 24.3 Å². The quantitative estimate of drug-likeness (QED) is 0.570. The minimum absolute atomic E-state index is 0.246. The predicted octanol–water partition coefficient (Wildman–Crippen LogP) is 1.89. The van der Waals surface area contributed by atoms with Gasteiger partial charge in [-0.3, -0.25) is 0 Å². The van der Waals surface area contributed by atoms with E-state index >= 15 is 0 Å². The molecule has 1 nitrogen and oxygen atoms in total. The van der Waals surface area contributed by atoms with E-state index in [1.807, 2.05) is 18.2 Å². The Hall–Kier alpha value is -0.560. The molecule has 0 fully saturated rings. The molecular weight excluding hydrogens is 112 g/mol. The third-order valence-corrected chi connectivity index (χ3v) is 0.915. The van der Waals surface area contributed by atoms with Crippen LogP contribution in [0.5, 0.6) is 0 Å². The van der Waals surface area contributed by atoms with Gasteiger partial charge in [-0.1, -0.05) is 31.2 Å². The van der Waals surface area contributed by atoms with Gasteiger partial charge in [-0.25, -0.2) is 0 Å². The summed E-state index contributed by atoms with van der Waals surface area (Å²) < 4.78 is 0. The summed E-state index contributed by atoms with van der Waals surface area (Å²) in [6.45, 7) is 2.34. The molecule has 0 radical (unpaired) electrons. The molecule has 0 atom stereocenters. The Morgan fingerprint density at radius 3 is 2.44 bits per heavy atom. The van der Waals surface area contributed by atoms with Crippen molar-refractivity contribution in [3.63, 3.8) is 0 Å². The number of aliphatic hydroxyl groups excluding tert-OH is 1. The second-order valence-corrected chi connectivity index (χ2v) is 1.78. The SMILES string of the molecule is CC/C=C\C=C/CCO. The Morgan fingerprint density at radius 2 is 1.89 bits per heavy atom. The second kappa shape index (κ2) is 7.44. The van der Waals surface area contributed by atoms with Gasteiger partial charge in [0.25, 0.3) is 0 Å². The van der Waals surface area contributed by atoms with Crippen molar-refractivity contribution in [3.05, 3.63) is 24.3 Å². The van der Waals surface area contributed by atoms with E-state index in [0.717, 1.165) is 12.8 Å². The van der Waals surface area contributed by atoms with Crippen molar-refractivity contribution in [3.8, 4) is 0 Å². The summed E-state index contributed by atoms with van der Waals surface area (Å²) in [6, 6.07) is 0. The van der Waals surface area contributed by atoms with E-state index in [1.165, 1.54) is 0 Å². The maximum absolute atomic E-state index is 8.35. The lowest BCUT2D eigenvalue weighted by atomic mass is 10.3. The lowest BCUT2D eigenvalue weighted by Gasteiger charge is -1.79. The monoisotopic (exact) mass is 126 g/mol. The fourth-order valence-corrected chi connectivity index (χ4v) is 0.464. The van der Waals surface area contributed by atoms with Gasteiger partial charge in [-0.2, -0.15) is 0 Å². The van der Waals surface area contributed by atoms with Crippen molar-refractivity contribution in [1.29, 1.82) is 0 Å². The Balaban J connectivity index is 3.13. The summed E-state index contributed by atoms with van der Waals surface area (Å²) in [5.74, 6) is 0. The van der Waals surface area contributed by atoms with Gasteiger partial charge in [0.2, 0.25) is 0 Å². The molecule has 0 aliphatic carbocycles. The second-order valence-electron chi connectivity index (χ2n) is 1.78. The van der Waals surface area contributed by atoms with Gasteiger partial charge in [-0.15, -0.1) is 0 Å². The Kier molecular flexibility index (Phi) is 6.98. The van der Waals surface area contributed by atoms with Gasteiger partial charge in [0.1, 0.15) is 0 Å². The molecule has 0 aromatic carbocycles. The fourth-order valence-electron chi connectivity index (χ4n) is 0.464. The molecule has 0 saturated heterocycles. The third-order valence-electron chi connectivity index (χ3n) is 0.915. The van der Waals surface area contributed by atoms with E-state index in [9.17, 15) is 0 Å². The molecule has 0 aromatic heterocycles. The molecule has 0 aromatic rings. The number of hydrogen-bond acceptors (Lipinski definition) is 1. The average Bonchev–Trinajstić information content (AvgIpc) is 1.89. The predicted molar refractivity (Wildman–Crippen MR) is 40.3 cm³/mol. The molecule has 1 N–H and O–H groups in total. The first kappa shape index (κ1) is 8.44. The molecular formula is C8H14O. The highest BCUT2D eigenvalue weighted by molar-refractivity contribution is 5.01. The number of hydrogen-bond donors (Lipinski definition) is 1. The highest BCUT2D eigenvalue weighted by Gasteiger charge is 1.69. The van der Waals surface area contributed by atoms with Crippen LogP contribution in [0.2, 0.25) is 0 Å². The van der Waals surface area contributed by atoms with Crippen LogP contribution in [-0.4, -0.2) is 11.7 Å². The van der Waals surface area contributed by atoms with Gasteiger partial charge in [0, 0.05) is 6.61 Å². The lowest BCUT2D eigenvalue weighted by Crippen LogP contribution is -1.73. The van der Waals surface area contributed by atoms with Crippen LogP contribution in [0, 0.1) is 0 Å². The summed E-state index contributed by atoms with van der Waals surface area (Å²) in [4.78, 5) is 0. The van der Waals surface area contributed by atoms with Crippen molar-refractivity contribution in [2.45, 2.75) is 19.8 Å². The Morgan fingerprint density at radius 1 is 1.22 bits per heavy atom. The first-order valence-electron chi connectivity index (χ1n) is 3.34. The van der Waals surface area contributed by atoms with E-state index < -0.39 is 0 Å². The maximum atomic E-state index is 8.35. The molecule has 0 unspecified atom stereocenters. The van der Waals surface area contributed by atoms with Gasteiger partial charge < -0.3 is 5.11 Å². The highest BCUT2D eigenvalue weighted by atomic mass is 16.2. The summed E-state index contributed by atoms with van der Waals surface area (Å²) in [5.41, 5.74) is 0. The van der Waals surface area contributed by atoms with Crippen molar-refractivity contribution < 1.29 is 5.11 Å². The third kappa shape index (κ3) is 7.44. The molecule has 0 aliphatic heterocycles. The van der Waals surface area contributed by atoms with Crippen LogP contribution >= 0.6 is 0 Å². The zero-order valence-corrected chi connectivity index (χ0v) is 5.88. The molecule has 9 heavy (non-hydrogen) atoms. The van der Waals surface area contributed by atoms with Crippen molar-refractivity contribution in [1.82, 2.24) is 0 Å². The summed E-state index contributed by atoms with van der Waals surface area (Å²) in [5, 5.41) is 8.35. The first-order chi connectivity index (χ1) is 4.41. The normalized spacial score (nSPS) is 11.8. The number of allylic oxidation sites excluding steroid dienone is 3. The minimum atomic E-state index is 0.246. The molecule has 0 amide bonds. The molecule has 52 valence electrons. The Bertz CT molecular complexity index is 92.7. The van der Waals surface area contributed by atoms with Crippen LogP contribution in [0.3, 0.4) is 0 Å². The van der Waals surface area contributed by atoms with Crippen LogP contribution in [-0.2, 0) is 0 Å². The minimum Gasteiger partial charge on any atom is -0.396 e.